The van der Waals surface area contributed by atoms with Crippen molar-refractivity contribution in [3.8, 4) is 0 Å². The molecule has 3 aromatic rings. The lowest BCUT2D eigenvalue weighted by Crippen LogP contribution is -2.41. The minimum absolute atomic E-state index is 0.0352. The van der Waals surface area contributed by atoms with Crippen LogP contribution >= 0.6 is 23.2 Å². The summed E-state index contributed by atoms with van der Waals surface area (Å²) in [7, 11) is 0. The molecule has 4 nitrogen and oxygen atoms in total. The lowest BCUT2D eigenvalue weighted by Gasteiger charge is -2.20. The highest BCUT2D eigenvalue weighted by Gasteiger charge is 2.26. The Labute approximate surface area is 167 Å². The van der Waals surface area contributed by atoms with Crippen LogP contribution in [0.15, 0.2) is 72.8 Å². The highest BCUT2D eigenvalue weighted by molar-refractivity contribution is 6.41. The summed E-state index contributed by atoms with van der Waals surface area (Å²) in [5.41, 5.74) is 8.03. The Balaban J connectivity index is 1.89. The summed E-state index contributed by atoms with van der Waals surface area (Å²) in [5.74, 6) is -0.672. The fourth-order valence-electron chi connectivity index (χ4n) is 2.75. The fraction of sp³-hybridized carbons (Fsp3) is 0.0476. The van der Waals surface area contributed by atoms with E-state index in [4.69, 9.17) is 28.9 Å². The zero-order valence-corrected chi connectivity index (χ0v) is 15.7. The van der Waals surface area contributed by atoms with Crippen molar-refractivity contribution in [2.75, 3.05) is 4.90 Å². The summed E-state index contributed by atoms with van der Waals surface area (Å²) in [6.07, 6.45) is 0.738. The number of hydrogen-bond acceptors (Lipinski definition) is 2. The maximum absolute atomic E-state index is 12.9. The number of carbonyl (C=O) groups excluding carboxylic acids is 2. The molecule has 0 saturated carbocycles. The van der Waals surface area contributed by atoms with Gasteiger partial charge < -0.3 is 5.73 Å². The number of nitrogens with zero attached hydrogens (tertiary/aromatic N) is 1. The number of amides is 3. The third-order valence-electron chi connectivity index (χ3n) is 4.05. The van der Waals surface area contributed by atoms with Crippen molar-refractivity contribution >= 4 is 40.8 Å². The van der Waals surface area contributed by atoms with Gasteiger partial charge in [0.15, 0.2) is 0 Å². The van der Waals surface area contributed by atoms with Gasteiger partial charge >= 0.3 is 6.03 Å². The van der Waals surface area contributed by atoms with Gasteiger partial charge in [-0.2, -0.15) is 0 Å². The van der Waals surface area contributed by atoms with Crippen LogP contribution in [0.1, 0.15) is 21.5 Å². The second kappa shape index (κ2) is 8.25. The smallest absolute Gasteiger partial charge is 0.326 e. The summed E-state index contributed by atoms with van der Waals surface area (Å²) < 4.78 is 0. The van der Waals surface area contributed by atoms with Crippen LogP contribution < -0.4 is 10.6 Å². The van der Waals surface area contributed by atoms with Crippen molar-refractivity contribution in [1.82, 2.24) is 0 Å². The number of carbonyl (C=O) groups is 2. The first-order valence-electron chi connectivity index (χ1n) is 8.18. The van der Waals surface area contributed by atoms with Gasteiger partial charge in [0.25, 0.3) is 5.91 Å². The predicted molar refractivity (Wildman–Crippen MR) is 109 cm³/mol. The summed E-state index contributed by atoms with van der Waals surface area (Å²) in [5, 5.41) is 0.305. The Kier molecular flexibility index (Phi) is 5.79. The predicted octanol–water partition coefficient (Wildman–Crippen LogP) is 5.31. The maximum atomic E-state index is 12.9. The van der Waals surface area contributed by atoms with Crippen LogP contribution in [0.2, 0.25) is 10.0 Å². The van der Waals surface area contributed by atoms with Gasteiger partial charge in [0.1, 0.15) is 0 Å². The van der Waals surface area contributed by atoms with E-state index in [0.717, 1.165) is 22.4 Å². The van der Waals surface area contributed by atoms with Crippen molar-refractivity contribution in [1.29, 1.82) is 0 Å². The van der Waals surface area contributed by atoms with Crippen molar-refractivity contribution in [2.24, 2.45) is 5.73 Å². The van der Waals surface area contributed by atoms with E-state index < -0.39 is 11.9 Å². The molecule has 136 valence electrons. The zero-order valence-electron chi connectivity index (χ0n) is 14.2. The first-order chi connectivity index (χ1) is 13.0. The Hall–Kier alpha value is -2.82. The van der Waals surface area contributed by atoms with E-state index in [0.29, 0.717) is 5.69 Å². The Morgan fingerprint density at radius 3 is 1.89 bits per heavy atom. The molecule has 0 heterocycles. The molecule has 2 N–H and O–H groups in total. The number of primary amides is 1. The van der Waals surface area contributed by atoms with Crippen LogP contribution in [-0.4, -0.2) is 11.9 Å². The van der Waals surface area contributed by atoms with Gasteiger partial charge in [-0.15, -0.1) is 0 Å². The van der Waals surface area contributed by atoms with E-state index in [9.17, 15) is 9.59 Å². The highest BCUT2D eigenvalue weighted by atomic mass is 35.5. The summed E-state index contributed by atoms with van der Waals surface area (Å²) in [6, 6.07) is 20.8. The average Bonchev–Trinajstić information content (AvgIpc) is 2.64. The first-order valence-corrected chi connectivity index (χ1v) is 8.93. The standard InChI is InChI=1S/C21H16Cl2N2O2/c22-17-7-4-8-18(23)19(17)20(26)25(21(24)27)16-11-9-15(10-12-16)13-14-5-2-1-3-6-14/h1-12H,13H2,(H2,24,27). The number of hydrogen-bond donors (Lipinski definition) is 1. The van der Waals surface area contributed by atoms with Crippen LogP contribution in [0.4, 0.5) is 10.5 Å². The molecule has 27 heavy (non-hydrogen) atoms. The Morgan fingerprint density at radius 1 is 0.778 bits per heavy atom. The maximum Gasteiger partial charge on any atom is 0.326 e. The van der Waals surface area contributed by atoms with Gasteiger partial charge in [-0.3, -0.25) is 4.79 Å². The molecular formula is C21H16Cl2N2O2. The second-order valence-corrected chi connectivity index (χ2v) is 6.72. The van der Waals surface area contributed by atoms with Crippen LogP contribution in [0.5, 0.6) is 0 Å². The lowest BCUT2D eigenvalue weighted by molar-refractivity contribution is 0.0995. The topological polar surface area (TPSA) is 63.4 Å². The van der Waals surface area contributed by atoms with E-state index >= 15 is 0 Å². The fourth-order valence-corrected chi connectivity index (χ4v) is 3.31. The van der Waals surface area contributed by atoms with Gasteiger partial charge in [-0.1, -0.05) is 71.7 Å². The van der Waals surface area contributed by atoms with Gasteiger partial charge in [0, 0.05) is 0 Å². The van der Waals surface area contributed by atoms with Crippen molar-refractivity contribution in [2.45, 2.75) is 6.42 Å². The third kappa shape index (κ3) is 4.30. The molecule has 3 amide bonds. The van der Waals surface area contributed by atoms with Crippen LogP contribution in [0.3, 0.4) is 0 Å². The monoisotopic (exact) mass is 398 g/mol. The SMILES string of the molecule is NC(=O)N(C(=O)c1c(Cl)cccc1Cl)c1ccc(Cc2ccccc2)cc1. The minimum atomic E-state index is -0.910. The average molecular weight is 399 g/mol. The van der Waals surface area contributed by atoms with Crippen LogP contribution in [-0.2, 0) is 6.42 Å². The zero-order chi connectivity index (χ0) is 19.4. The molecule has 3 aromatic carbocycles. The molecule has 0 unspecified atom stereocenters. The number of urea groups is 1. The van der Waals surface area contributed by atoms with E-state index in [-0.39, 0.29) is 15.6 Å². The molecule has 0 saturated heterocycles. The molecule has 0 bridgehead atoms. The molecule has 0 aliphatic carbocycles. The van der Waals surface area contributed by atoms with Crippen molar-refractivity contribution < 1.29 is 9.59 Å². The molecule has 0 aliphatic heterocycles. The second-order valence-electron chi connectivity index (χ2n) is 5.90. The largest absolute Gasteiger partial charge is 0.351 e. The number of benzene rings is 3. The molecule has 6 heteroatoms. The lowest BCUT2D eigenvalue weighted by atomic mass is 10.0. The molecule has 0 aromatic heterocycles. The number of anilines is 1. The summed E-state index contributed by atoms with van der Waals surface area (Å²) in [6.45, 7) is 0. The number of halogens is 2. The van der Waals surface area contributed by atoms with E-state index in [2.05, 4.69) is 0 Å². The van der Waals surface area contributed by atoms with E-state index in [1.165, 1.54) is 12.1 Å². The Bertz CT molecular complexity index is 953. The van der Waals surface area contributed by atoms with Crippen LogP contribution in [0.25, 0.3) is 0 Å². The molecule has 0 aliphatic rings. The number of rotatable bonds is 4. The van der Waals surface area contributed by atoms with Gasteiger partial charge in [0.05, 0.1) is 21.3 Å². The number of nitrogens with two attached hydrogens (primary N) is 1. The minimum Gasteiger partial charge on any atom is -0.351 e. The van der Waals surface area contributed by atoms with E-state index in [1.54, 1.807) is 18.2 Å². The first kappa shape index (κ1) is 19.0. The van der Waals surface area contributed by atoms with Gasteiger partial charge in [-0.05, 0) is 41.8 Å². The molecule has 0 atom stereocenters. The quantitative estimate of drug-likeness (QED) is 0.646. The van der Waals surface area contributed by atoms with Crippen molar-refractivity contribution in [3.05, 3.63) is 99.5 Å². The Morgan fingerprint density at radius 2 is 1.33 bits per heavy atom. The highest BCUT2D eigenvalue weighted by Crippen LogP contribution is 2.28. The van der Waals surface area contributed by atoms with Gasteiger partial charge in [0.2, 0.25) is 0 Å². The molecular weight excluding hydrogens is 383 g/mol. The molecule has 0 radical (unpaired) electrons. The van der Waals surface area contributed by atoms with Crippen LogP contribution in [0, 0.1) is 0 Å². The molecule has 3 rings (SSSR count). The summed E-state index contributed by atoms with van der Waals surface area (Å²) >= 11 is 12.2. The number of imide groups is 1. The van der Waals surface area contributed by atoms with Crippen molar-refractivity contribution in [3.63, 3.8) is 0 Å². The molecule has 0 fully saturated rings. The van der Waals surface area contributed by atoms with E-state index in [1.807, 2.05) is 42.5 Å². The molecule has 0 spiro atoms. The third-order valence-corrected chi connectivity index (χ3v) is 4.68. The van der Waals surface area contributed by atoms with Gasteiger partial charge in [-0.25, -0.2) is 9.69 Å². The normalized spacial score (nSPS) is 10.4. The summed E-state index contributed by atoms with van der Waals surface area (Å²) in [4.78, 5) is 25.7.